The van der Waals surface area contributed by atoms with Crippen molar-refractivity contribution >= 4 is 27.6 Å². The van der Waals surface area contributed by atoms with E-state index < -0.39 is 0 Å². The molecule has 5 rings (SSSR count). The zero-order valence-corrected chi connectivity index (χ0v) is 17.1. The van der Waals surface area contributed by atoms with Crippen molar-refractivity contribution in [1.29, 1.82) is 0 Å². The summed E-state index contributed by atoms with van der Waals surface area (Å²) in [4.78, 5) is 8.85. The van der Waals surface area contributed by atoms with Gasteiger partial charge < -0.3 is 10.0 Å². The normalized spacial score (nSPS) is 21.1. The topological polar surface area (TPSA) is 54.9 Å². The highest BCUT2D eigenvalue weighted by Gasteiger charge is 2.35. The molecule has 7 heteroatoms. The predicted molar refractivity (Wildman–Crippen MR) is 112 cm³/mol. The third-order valence-electron chi connectivity index (χ3n) is 5.75. The number of fused-ring (bicyclic) bond motifs is 1. The van der Waals surface area contributed by atoms with Gasteiger partial charge in [-0.3, -0.25) is 0 Å². The summed E-state index contributed by atoms with van der Waals surface area (Å²) in [5.74, 6) is 0.987. The Morgan fingerprint density at radius 3 is 2.68 bits per heavy atom. The van der Waals surface area contributed by atoms with E-state index in [1.165, 1.54) is 40.9 Å². The minimum Gasteiger partial charge on any atom is -0.492 e. The number of quaternary nitrogens is 1. The highest BCUT2D eigenvalue weighted by Crippen LogP contribution is 2.36. The van der Waals surface area contributed by atoms with E-state index in [4.69, 9.17) is 0 Å². The molecule has 5 nitrogen and oxygen atoms in total. The van der Waals surface area contributed by atoms with Gasteiger partial charge in [-0.15, -0.1) is 11.3 Å². The number of nitrogens with one attached hydrogen (secondary N) is 1. The van der Waals surface area contributed by atoms with Crippen LogP contribution < -0.4 is 4.90 Å². The number of benzene rings is 1. The smallest absolute Gasteiger partial charge is 0.235 e. The molecule has 0 aliphatic carbocycles. The number of aromatic hydroxyl groups is 1. The van der Waals surface area contributed by atoms with Crippen molar-refractivity contribution in [3.63, 3.8) is 0 Å². The molecule has 0 bridgehead atoms. The highest BCUT2D eigenvalue weighted by atomic mass is 32.1. The van der Waals surface area contributed by atoms with E-state index in [9.17, 15) is 5.11 Å². The molecule has 3 aromatic heterocycles. The van der Waals surface area contributed by atoms with Gasteiger partial charge >= 0.3 is 0 Å². The fraction of sp³-hybridized carbons (Fsp3) is 0.333. The monoisotopic (exact) mass is 411 g/mol. The molecule has 0 spiro atoms. The number of hydrogen-bond donors (Lipinski definition) is 2. The average Bonchev–Trinajstić information content (AvgIpc) is 3.46. The molecule has 4 aromatic rings. The van der Waals surface area contributed by atoms with E-state index in [0.717, 1.165) is 28.8 Å². The molecule has 1 aliphatic rings. The van der Waals surface area contributed by atoms with E-state index in [2.05, 4.69) is 57.9 Å². The summed E-state index contributed by atoms with van der Waals surface area (Å²) in [5.41, 5.74) is 1.44. The van der Waals surface area contributed by atoms with Crippen molar-refractivity contribution in [1.82, 2.24) is 14.6 Å². The summed E-state index contributed by atoms with van der Waals surface area (Å²) < 4.78 is 1.56. The molecule has 1 atom stereocenters. The Kier molecular flexibility index (Phi) is 4.88. The standard InChI is InChI=1S/C21H22N4OS2/c26-20-19(28-21-22-14-23-25(20)21)18(17-7-4-12-27-17)24-10-8-16(9-11-24)13-15-5-2-1-3-6-15/h1-7,12,14,16,18,26H,8-11,13H2/p+1/t18-/m0/s1. The Bertz CT molecular complexity index is 1030. The second kappa shape index (κ2) is 7.66. The van der Waals surface area contributed by atoms with Gasteiger partial charge in [-0.2, -0.15) is 9.61 Å². The Balaban J connectivity index is 1.37. The lowest BCUT2D eigenvalue weighted by Gasteiger charge is -2.34. The molecule has 144 valence electrons. The van der Waals surface area contributed by atoms with E-state index in [1.807, 2.05) is 0 Å². The van der Waals surface area contributed by atoms with E-state index in [0.29, 0.717) is 0 Å². The van der Waals surface area contributed by atoms with Gasteiger partial charge in [-0.05, 0) is 42.2 Å². The largest absolute Gasteiger partial charge is 0.492 e. The molecule has 0 radical (unpaired) electrons. The summed E-state index contributed by atoms with van der Waals surface area (Å²) in [6.45, 7) is 2.24. The zero-order valence-electron chi connectivity index (χ0n) is 15.5. The molecule has 2 N–H and O–H groups in total. The second-order valence-electron chi connectivity index (χ2n) is 7.48. The molecule has 1 fully saturated rings. The third kappa shape index (κ3) is 3.34. The van der Waals surface area contributed by atoms with Gasteiger partial charge in [0.15, 0.2) is 6.04 Å². The molecule has 0 amide bonds. The van der Waals surface area contributed by atoms with Gasteiger partial charge in [0.2, 0.25) is 10.8 Å². The number of piperidine rings is 1. The van der Waals surface area contributed by atoms with Crippen LogP contribution >= 0.6 is 22.7 Å². The zero-order chi connectivity index (χ0) is 18.9. The minimum absolute atomic E-state index is 0.158. The van der Waals surface area contributed by atoms with Crippen molar-refractivity contribution in [2.45, 2.75) is 25.3 Å². The van der Waals surface area contributed by atoms with Crippen LogP contribution in [0.3, 0.4) is 0 Å². The summed E-state index contributed by atoms with van der Waals surface area (Å²) in [5, 5.41) is 17.1. The Morgan fingerprint density at radius 1 is 1.14 bits per heavy atom. The molecular weight excluding hydrogens is 388 g/mol. The van der Waals surface area contributed by atoms with Gasteiger partial charge in [-0.1, -0.05) is 47.7 Å². The van der Waals surface area contributed by atoms with Crippen LogP contribution in [0.5, 0.6) is 5.88 Å². The lowest BCUT2D eigenvalue weighted by atomic mass is 9.89. The third-order valence-corrected chi connectivity index (χ3v) is 7.79. The van der Waals surface area contributed by atoms with E-state index >= 15 is 0 Å². The molecule has 0 saturated carbocycles. The number of nitrogens with zero attached hydrogens (tertiary/aromatic N) is 3. The molecule has 1 saturated heterocycles. The maximum Gasteiger partial charge on any atom is 0.235 e. The number of likely N-dealkylation sites (tertiary alicyclic amines) is 1. The van der Waals surface area contributed by atoms with Crippen LogP contribution in [0, 0.1) is 5.92 Å². The first-order valence-electron chi connectivity index (χ1n) is 9.73. The molecule has 1 aliphatic heterocycles. The highest BCUT2D eigenvalue weighted by molar-refractivity contribution is 7.17. The van der Waals surface area contributed by atoms with Gasteiger partial charge in [-0.25, -0.2) is 4.98 Å². The lowest BCUT2D eigenvalue weighted by molar-refractivity contribution is -0.930. The van der Waals surface area contributed by atoms with Crippen molar-refractivity contribution < 1.29 is 10.0 Å². The molecule has 28 heavy (non-hydrogen) atoms. The molecular formula is C21H23N4OS2+. The second-order valence-corrected chi connectivity index (χ2v) is 9.47. The van der Waals surface area contributed by atoms with Crippen LogP contribution in [-0.4, -0.2) is 32.8 Å². The molecule has 4 heterocycles. The Labute approximate surface area is 171 Å². The maximum absolute atomic E-state index is 10.8. The summed E-state index contributed by atoms with van der Waals surface area (Å²) in [6, 6.07) is 15.3. The first-order valence-corrected chi connectivity index (χ1v) is 11.4. The van der Waals surface area contributed by atoms with Gasteiger partial charge in [0.25, 0.3) is 0 Å². The number of thiazole rings is 1. The van der Waals surface area contributed by atoms with E-state index in [-0.39, 0.29) is 11.9 Å². The average molecular weight is 412 g/mol. The van der Waals surface area contributed by atoms with Crippen LogP contribution in [0.15, 0.2) is 54.2 Å². The minimum atomic E-state index is 0.158. The number of thiophene rings is 1. The summed E-state index contributed by atoms with van der Waals surface area (Å²) >= 11 is 3.33. The first-order chi connectivity index (χ1) is 13.8. The van der Waals surface area contributed by atoms with Crippen LogP contribution in [0.2, 0.25) is 0 Å². The van der Waals surface area contributed by atoms with Crippen molar-refractivity contribution in [3.8, 4) is 5.88 Å². The predicted octanol–water partition coefficient (Wildman–Crippen LogP) is 3.18. The quantitative estimate of drug-likeness (QED) is 0.530. The van der Waals surface area contributed by atoms with Crippen molar-refractivity contribution in [2.24, 2.45) is 5.92 Å². The fourth-order valence-electron chi connectivity index (χ4n) is 4.34. The van der Waals surface area contributed by atoms with Crippen LogP contribution in [-0.2, 0) is 6.42 Å². The van der Waals surface area contributed by atoms with Gasteiger partial charge in [0, 0.05) is 0 Å². The summed E-state index contributed by atoms with van der Waals surface area (Å²) in [6.07, 6.45) is 5.10. The maximum atomic E-state index is 10.8. The first kappa shape index (κ1) is 17.8. The van der Waals surface area contributed by atoms with Crippen molar-refractivity contribution in [2.75, 3.05) is 13.1 Å². The van der Waals surface area contributed by atoms with Crippen LogP contribution in [0.4, 0.5) is 0 Å². The SMILES string of the molecule is Oc1c([C@H](c2cccs2)[NH+]2CCC(Cc3ccccc3)CC2)sc2ncnn12. The van der Waals surface area contributed by atoms with Crippen LogP contribution in [0.25, 0.3) is 4.96 Å². The summed E-state index contributed by atoms with van der Waals surface area (Å²) in [7, 11) is 0. The lowest BCUT2D eigenvalue weighted by Crippen LogP contribution is -3.13. The number of aromatic nitrogens is 3. The molecule has 1 aromatic carbocycles. The van der Waals surface area contributed by atoms with Crippen LogP contribution in [0.1, 0.15) is 34.2 Å². The number of rotatable bonds is 5. The van der Waals surface area contributed by atoms with Gasteiger partial charge in [0.1, 0.15) is 11.2 Å². The Hall–Kier alpha value is -2.22. The fourth-order valence-corrected chi connectivity index (χ4v) is 6.41. The van der Waals surface area contributed by atoms with Crippen molar-refractivity contribution in [3.05, 3.63) is 69.5 Å². The Morgan fingerprint density at radius 2 is 1.96 bits per heavy atom. The van der Waals surface area contributed by atoms with E-state index in [1.54, 1.807) is 27.2 Å². The molecule has 0 unspecified atom stereocenters. The number of hydrogen-bond acceptors (Lipinski definition) is 5. The van der Waals surface area contributed by atoms with Gasteiger partial charge in [0.05, 0.1) is 18.0 Å².